The Kier molecular flexibility index (Phi) is 4.52. The van der Waals surface area contributed by atoms with Gasteiger partial charge in [-0.1, -0.05) is 13.0 Å². The molecule has 1 heterocycles. The Bertz CT molecular complexity index is 565. The SMILES string of the molecule is CCC(=O)Nc1cccc(NCc2cnc(C)s2)c1. The van der Waals surface area contributed by atoms with E-state index in [1.807, 2.05) is 44.3 Å². The van der Waals surface area contributed by atoms with Crippen molar-refractivity contribution in [1.29, 1.82) is 0 Å². The van der Waals surface area contributed by atoms with Crippen LogP contribution in [0.3, 0.4) is 0 Å². The van der Waals surface area contributed by atoms with Gasteiger partial charge in [-0.3, -0.25) is 4.79 Å². The van der Waals surface area contributed by atoms with Gasteiger partial charge < -0.3 is 10.6 Å². The minimum atomic E-state index is 0.0234. The predicted molar refractivity (Wildman–Crippen MR) is 79.5 cm³/mol. The normalized spacial score (nSPS) is 10.2. The van der Waals surface area contributed by atoms with Crippen molar-refractivity contribution < 1.29 is 4.79 Å². The summed E-state index contributed by atoms with van der Waals surface area (Å²) in [6.45, 7) is 4.58. The van der Waals surface area contributed by atoms with Gasteiger partial charge in [-0.05, 0) is 25.1 Å². The Balaban J connectivity index is 1.97. The van der Waals surface area contributed by atoms with Gasteiger partial charge in [0.2, 0.25) is 5.91 Å². The van der Waals surface area contributed by atoms with Gasteiger partial charge in [0.1, 0.15) is 0 Å². The van der Waals surface area contributed by atoms with Crippen LogP contribution in [0.4, 0.5) is 11.4 Å². The highest BCUT2D eigenvalue weighted by molar-refractivity contribution is 7.11. The third-order valence-electron chi connectivity index (χ3n) is 2.60. The molecule has 1 aromatic carbocycles. The average Bonchev–Trinajstić information content (AvgIpc) is 2.82. The molecule has 0 unspecified atom stereocenters. The van der Waals surface area contributed by atoms with Crippen LogP contribution in [-0.4, -0.2) is 10.9 Å². The second-order valence-corrected chi connectivity index (χ2v) is 5.50. The van der Waals surface area contributed by atoms with Gasteiger partial charge in [0.05, 0.1) is 11.6 Å². The minimum absolute atomic E-state index is 0.0234. The summed E-state index contributed by atoms with van der Waals surface area (Å²) < 4.78 is 0. The number of benzene rings is 1. The van der Waals surface area contributed by atoms with Crippen LogP contribution in [0, 0.1) is 6.92 Å². The van der Waals surface area contributed by atoms with Crippen LogP contribution in [0.1, 0.15) is 23.2 Å². The molecule has 4 nitrogen and oxygen atoms in total. The van der Waals surface area contributed by atoms with Crippen molar-refractivity contribution >= 4 is 28.6 Å². The van der Waals surface area contributed by atoms with Crippen molar-refractivity contribution in [2.24, 2.45) is 0 Å². The zero-order valence-electron chi connectivity index (χ0n) is 11.1. The van der Waals surface area contributed by atoms with Crippen molar-refractivity contribution in [1.82, 2.24) is 4.98 Å². The van der Waals surface area contributed by atoms with Crippen molar-refractivity contribution in [2.75, 3.05) is 10.6 Å². The van der Waals surface area contributed by atoms with Crippen molar-refractivity contribution in [3.63, 3.8) is 0 Å². The van der Waals surface area contributed by atoms with E-state index in [9.17, 15) is 4.79 Å². The van der Waals surface area contributed by atoms with E-state index in [1.54, 1.807) is 11.3 Å². The zero-order valence-corrected chi connectivity index (χ0v) is 11.9. The number of thiazole rings is 1. The molecule has 2 rings (SSSR count). The van der Waals surface area contributed by atoms with Crippen molar-refractivity contribution in [3.05, 3.63) is 40.3 Å². The maximum Gasteiger partial charge on any atom is 0.224 e. The lowest BCUT2D eigenvalue weighted by Crippen LogP contribution is -2.09. The molecule has 0 aliphatic heterocycles. The second-order valence-electron chi connectivity index (χ2n) is 4.18. The van der Waals surface area contributed by atoms with E-state index < -0.39 is 0 Å². The van der Waals surface area contributed by atoms with Crippen LogP contribution in [0.2, 0.25) is 0 Å². The lowest BCUT2D eigenvalue weighted by Gasteiger charge is -2.08. The maximum absolute atomic E-state index is 11.3. The Morgan fingerprint density at radius 1 is 1.37 bits per heavy atom. The molecule has 0 atom stereocenters. The standard InChI is InChI=1S/C14H17N3OS/c1-3-14(18)17-12-6-4-5-11(7-12)16-9-13-8-15-10(2)19-13/h4-8,16H,3,9H2,1-2H3,(H,17,18). The van der Waals surface area contributed by atoms with E-state index in [2.05, 4.69) is 15.6 Å². The third-order valence-corrected chi connectivity index (χ3v) is 3.52. The third kappa shape index (κ3) is 4.06. The Morgan fingerprint density at radius 2 is 2.16 bits per heavy atom. The molecule has 0 aliphatic carbocycles. The minimum Gasteiger partial charge on any atom is -0.380 e. The van der Waals surface area contributed by atoms with E-state index in [1.165, 1.54) is 4.88 Å². The summed E-state index contributed by atoms with van der Waals surface area (Å²) >= 11 is 1.68. The van der Waals surface area contributed by atoms with Crippen LogP contribution in [0.5, 0.6) is 0 Å². The van der Waals surface area contributed by atoms with E-state index in [-0.39, 0.29) is 5.91 Å². The van der Waals surface area contributed by atoms with Gasteiger partial charge in [0.15, 0.2) is 0 Å². The van der Waals surface area contributed by atoms with E-state index in [0.717, 1.165) is 22.9 Å². The van der Waals surface area contributed by atoms with Crippen molar-refractivity contribution in [2.45, 2.75) is 26.8 Å². The molecule has 19 heavy (non-hydrogen) atoms. The Hall–Kier alpha value is -1.88. The molecule has 0 saturated heterocycles. The fourth-order valence-electron chi connectivity index (χ4n) is 1.63. The number of hydrogen-bond donors (Lipinski definition) is 2. The first-order valence-electron chi connectivity index (χ1n) is 6.22. The number of anilines is 2. The molecular weight excluding hydrogens is 258 g/mol. The molecule has 1 amide bonds. The van der Waals surface area contributed by atoms with Gasteiger partial charge in [-0.15, -0.1) is 11.3 Å². The Labute approximate surface area is 116 Å². The smallest absolute Gasteiger partial charge is 0.224 e. The molecule has 0 bridgehead atoms. The first kappa shape index (κ1) is 13.5. The number of aryl methyl sites for hydroxylation is 1. The maximum atomic E-state index is 11.3. The Morgan fingerprint density at radius 3 is 2.84 bits per heavy atom. The van der Waals surface area contributed by atoms with Crippen molar-refractivity contribution in [3.8, 4) is 0 Å². The van der Waals surface area contributed by atoms with Gasteiger partial charge in [-0.2, -0.15) is 0 Å². The molecule has 0 saturated carbocycles. The monoisotopic (exact) mass is 275 g/mol. The molecule has 2 N–H and O–H groups in total. The van der Waals surface area contributed by atoms with E-state index in [0.29, 0.717) is 6.42 Å². The van der Waals surface area contributed by atoms with Crippen LogP contribution < -0.4 is 10.6 Å². The highest BCUT2D eigenvalue weighted by Crippen LogP contribution is 2.18. The summed E-state index contributed by atoms with van der Waals surface area (Å²) in [7, 11) is 0. The second kappa shape index (κ2) is 6.33. The molecule has 2 aromatic rings. The molecule has 0 spiro atoms. The fourth-order valence-corrected chi connectivity index (χ4v) is 2.37. The number of nitrogens with one attached hydrogen (secondary N) is 2. The summed E-state index contributed by atoms with van der Waals surface area (Å²) in [5.41, 5.74) is 1.80. The molecular formula is C14H17N3OS. The number of carbonyl (C=O) groups excluding carboxylic acids is 1. The molecule has 0 aliphatic rings. The summed E-state index contributed by atoms with van der Waals surface area (Å²) in [5.74, 6) is 0.0234. The molecule has 5 heteroatoms. The van der Waals surface area contributed by atoms with Crippen LogP contribution in [0.15, 0.2) is 30.5 Å². The number of aromatic nitrogens is 1. The highest BCUT2D eigenvalue weighted by Gasteiger charge is 2.01. The van der Waals surface area contributed by atoms with Crippen LogP contribution in [-0.2, 0) is 11.3 Å². The lowest BCUT2D eigenvalue weighted by molar-refractivity contribution is -0.115. The van der Waals surface area contributed by atoms with E-state index >= 15 is 0 Å². The number of nitrogens with zero attached hydrogens (tertiary/aromatic N) is 1. The van der Waals surface area contributed by atoms with E-state index in [4.69, 9.17) is 0 Å². The predicted octanol–water partition coefficient (Wildman–Crippen LogP) is 3.41. The average molecular weight is 275 g/mol. The van der Waals surface area contributed by atoms with Gasteiger partial charge in [-0.25, -0.2) is 4.98 Å². The molecule has 0 radical (unpaired) electrons. The number of carbonyl (C=O) groups is 1. The summed E-state index contributed by atoms with van der Waals surface area (Å²) in [4.78, 5) is 16.7. The van der Waals surface area contributed by atoms with Crippen LogP contribution in [0.25, 0.3) is 0 Å². The zero-order chi connectivity index (χ0) is 13.7. The lowest BCUT2D eigenvalue weighted by atomic mass is 10.2. The van der Waals surface area contributed by atoms with Gasteiger partial charge >= 0.3 is 0 Å². The molecule has 1 aromatic heterocycles. The largest absolute Gasteiger partial charge is 0.380 e. The first-order valence-corrected chi connectivity index (χ1v) is 7.04. The van der Waals surface area contributed by atoms with Gasteiger partial charge in [0.25, 0.3) is 0 Å². The summed E-state index contributed by atoms with van der Waals surface area (Å²) in [5, 5.41) is 7.24. The van der Waals surface area contributed by atoms with Gasteiger partial charge in [0, 0.05) is 28.9 Å². The number of amides is 1. The topological polar surface area (TPSA) is 54.0 Å². The summed E-state index contributed by atoms with van der Waals surface area (Å²) in [6.07, 6.45) is 2.37. The quantitative estimate of drug-likeness (QED) is 0.879. The van der Waals surface area contributed by atoms with Crippen LogP contribution >= 0.6 is 11.3 Å². The summed E-state index contributed by atoms with van der Waals surface area (Å²) in [6, 6.07) is 7.72. The molecule has 100 valence electrons. The number of rotatable bonds is 5. The number of hydrogen-bond acceptors (Lipinski definition) is 4. The molecule has 0 fully saturated rings. The first-order chi connectivity index (χ1) is 9.17. The fraction of sp³-hybridized carbons (Fsp3) is 0.286. The highest BCUT2D eigenvalue weighted by atomic mass is 32.1.